The molecule has 0 unspecified atom stereocenters. The lowest BCUT2D eigenvalue weighted by Gasteiger charge is -2.14. The molecular weight excluding hydrogens is 507 g/mol. The molecule has 9 nitrogen and oxygen atoms in total. The van der Waals surface area contributed by atoms with Crippen LogP contribution in [0.4, 0.5) is 18.9 Å². The number of likely N-dealkylation sites (tertiary alicyclic amines) is 1. The number of thiazole rings is 1. The number of hydrogen-bond acceptors (Lipinski definition) is 7. The second kappa shape index (κ2) is 11.2. The number of halogens is 3. The lowest BCUT2D eigenvalue weighted by molar-refractivity contribution is -0.135. The van der Waals surface area contributed by atoms with Crippen molar-refractivity contribution < 1.29 is 18.0 Å². The van der Waals surface area contributed by atoms with Gasteiger partial charge in [-0.05, 0) is 51.1 Å². The molecular formula is C24H26F3N7O2S. The molecule has 1 aromatic carbocycles. The van der Waals surface area contributed by atoms with E-state index in [9.17, 15) is 28.0 Å². The van der Waals surface area contributed by atoms with E-state index < -0.39 is 29.8 Å². The van der Waals surface area contributed by atoms with Gasteiger partial charge in [0.05, 0.1) is 17.4 Å². The Morgan fingerprint density at radius 1 is 1.27 bits per heavy atom. The summed E-state index contributed by atoms with van der Waals surface area (Å²) in [6.45, 7) is 4.29. The van der Waals surface area contributed by atoms with Gasteiger partial charge in [0, 0.05) is 31.5 Å². The summed E-state index contributed by atoms with van der Waals surface area (Å²) in [5.41, 5.74) is 1.46. The van der Waals surface area contributed by atoms with Crippen molar-refractivity contribution in [1.82, 2.24) is 24.3 Å². The summed E-state index contributed by atoms with van der Waals surface area (Å²) >= 11 is 0.857. The van der Waals surface area contributed by atoms with Crippen molar-refractivity contribution in [3.8, 4) is 6.07 Å². The molecule has 196 valence electrons. The first kappa shape index (κ1) is 26.4. The van der Waals surface area contributed by atoms with Crippen LogP contribution in [0.2, 0.25) is 0 Å². The first-order valence-electron chi connectivity index (χ1n) is 11.8. The summed E-state index contributed by atoms with van der Waals surface area (Å²) in [4.78, 5) is 32.0. The maximum absolute atomic E-state index is 12.8. The van der Waals surface area contributed by atoms with Gasteiger partial charge < -0.3 is 20.1 Å². The maximum Gasteiger partial charge on any atom is 0.405 e. The van der Waals surface area contributed by atoms with Crippen LogP contribution in [0, 0.1) is 11.3 Å². The van der Waals surface area contributed by atoms with Gasteiger partial charge in [-0.15, -0.1) is 11.3 Å². The van der Waals surface area contributed by atoms with E-state index in [1.54, 1.807) is 18.3 Å². The molecule has 0 aliphatic carbocycles. The standard InChI is InChI=1S/C24H26F3N7O2S/c1-2-34-22(36)20(37-23(34)17(12-28)21(35)30-14-24(25,26)27)13-29-16-5-6-19-18(11-16)31-15-33(19)10-9-32-7-3-4-8-32/h5-6,11,13,15,29H,2-4,7-10,14H2,1H3,(H,30,35)/b20-13-,23-17+. The molecule has 1 saturated heterocycles. The lowest BCUT2D eigenvalue weighted by Crippen LogP contribution is -2.37. The molecule has 2 N–H and O–H groups in total. The number of nitrogens with zero attached hydrogens (tertiary/aromatic N) is 5. The number of benzene rings is 1. The molecule has 0 bridgehead atoms. The highest BCUT2D eigenvalue weighted by Crippen LogP contribution is 2.19. The number of anilines is 1. The van der Waals surface area contributed by atoms with Gasteiger partial charge in [-0.25, -0.2) is 4.98 Å². The van der Waals surface area contributed by atoms with Crippen LogP contribution in [0.15, 0.2) is 29.3 Å². The van der Waals surface area contributed by atoms with Crippen LogP contribution in [0.1, 0.15) is 19.8 Å². The van der Waals surface area contributed by atoms with Crippen molar-refractivity contribution in [3.05, 3.63) is 44.1 Å². The molecule has 0 saturated carbocycles. The van der Waals surface area contributed by atoms with E-state index in [0.717, 1.165) is 48.5 Å². The van der Waals surface area contributed by atoms with E-state index in [1.165, 1.54) is 23.6 Å². The van der Waals surface area contributed by atoms with Crippen molar-refractivity contribution in [2.75, 3.05) is 31.5 Å². The second-order valence-electron chi connectivity index (χ2n) is 8.58. The van der Waals surface area contributed by atoms with Gasteiger partial charge in [-0.3, -0.25) is 14.2 Å². The molecule has 4 rings (SSSR count). The maximum atomic E-state index is 12.8. The Labute approximate surface area is 214 Å². The fourth-order valence-electron chi connectivity index (χ4n) is 4.19. The van der Waals surface area contributed by atoms with Crippen LogP contribution < -0.4 is 25.4 Å². The van der Waals surface area contributed by atoms with E-state index in [2.05, 4.69) is 19.8 Å². The summed E-state index contributed by atoms with van der Waals surface area (Å²) in [6, 6.07) is 7.29. The van der Waals surface area contributed by atoms with Crippen LogP contribution in [0.25, 0.3) is 22.8 Å². The van der Waals surface area contributed by atoms with Gasteiger partial charge in [0.25, 0.3) is 11.5 Å². The predicted molar refractivity (Wildman–Crippen MR) is 135 cm³/mol. The number of imidazole rings is 1. The number of fused-ring (bicyclic) bond motifs is 1. The third-order valence-electron chi connectivity index (χ3n) is 6.07. The first-order valence-corrected chi connectivity index (χ1v) is 12.6. The Kier molecular flexibility index (Phi) is 7.99. The summed E-state index contributed by atoms with van der Waals surface area (Å²) < 4.78 is 40.9. The van der Waals surface area contributed by atoms with Gasteiger partial charge in [-0.1, -0.05) is 0 Å². The van der Waals surface area contributed by atoms with Gasteiger partial charge in [-0.2, -0.15) is 18.4 Å². The average molecular weight is 534 g/mol. The third-order valence-corrected chi connectivity index (χ3v) is 7.20. The Bertz CT molecular complexity index is 1510. The summed E-state index contributed by atoms with van der Waals surface area (Å²) in [6.07, 6.45) is 1.13. The number of carbonyl (C=O) groups is 1. The number of alkyl halides is 3. The Balaban J connectivity index is 1.57. The summed E-state index contributed by atoms with van der Waals surface area (Å²) in [5.74, 6) is -1.19. The minimum absolute atomic E-state index is 0.00470. The highest BCUT2D eigenvalue weighted by Gasteiger charge is 2.29. The minimum Gasteiger partial charge on any atom is -0.360 e. The van der Waals surface area contributed by atoms with Crippen LogP contribution in [0.3, 0.4) is 0 Å². The minimum atomic E-state index is -4.62. The Hall–Kier alpha value is -3.63. The largest absolute Gasteiger partial charge is 0.405 e. The van der Waals surface area contributed by atoms with E-state index in [0.29, 0.717) is 5.69 Å². The molecule has 13 heteroatoms. The fourth-order valence-corrected chi connectivity index (χ4v) is 5.28. The molecule has 1 amide bonds. The number of nitriles is 1. The number of rotatable bonds is 8. The second-order valence-corrected chi connectivity index (χ2v) is 9.62. The zero-order valence-electron chi connectivity index (χ0n) is 20.1. The van der Waals surface area contributed by atoms with Crippen LogP contribution in [-0.2, 0) is 17.9 Å². The lowest BCUT2D eigenvalue weighted by atomic mass is 10.2. The number of carbonyl (C=O) groups excluding carboxylic acids is 1. The van der Waals surface area contributed by atoms with E-state index >= 15 is 0 Å². The van der Waals surface area contributed by atoms with Crippen molar-refractivity contribution in [3.63, 3.8) is 0 Å². The Morgan fingerprint density at radius 3 is 2.70 bits per heavy atom. The third kappa shape index (κ3) is 6.20. The highest BCUT2D eigenvalue weighted by atomic mass is 32.1. The number of amides is 1. The molecule has 1 aliphatic rings. The van der Waals surface area contributed by atoms with Gasteiger partial charge in [0.15, 0.2) is 5.57 Å². The van der Waals surface area contributed by atoms with Crippen LogP contribution >= 0.6 is 11.3 Å². The molecule has 3 heterocycles. The average Bonchev–Trinajstić information content (AvgIpc) is 3.59. The predicted octanol–water partition coefficient (Wildman–Crippen LogP) is 1.58. The molecule has 0 atom stereocenters. The summed E-state index contributed by atoms with van der Waals surface area (Å²) in [5, 5.41) is 14.2. The molecule has 1 fully saturated rings. The molecule has 1 aliphatic heterocycles. The van der Waals surface area contributed by atoms with Gasteiger partial charge in [0.2, 0.25) is 0 Å². The van der Waals surface area contributed by atoms with Gasteiger partial charge in [0.1, 0.15) is 21.8 Å². The number of nitrogens with one attached hydrogen (secondary N) is 2. The fraction of sp³-hybridized carbons (Fsp3) is 0.417. The quantitative estimate of drug-likeness (QED) is 0.455. The van der Waals surface area contributed by atoms with Crippen LogP contribution in [0.5, 0.6) is 0 Å². The van der Waals surface area contributed by atoms with E-state index in [1.807, 2.05) is 24.5 Å². The first-order chi connectivity index (χ1) is 17.7. The molecule has 3 aromatic rings. The molecule has 0 spiro atoms. The number of aromatic nitrogens is 3. The van der Waals surface area contributed by atoms with E-state index in [4.69, 9.17) is 0 Å². The summed E-state index contributed by atoms with van der Waals surface area (Å²) in [7, 11) is 0. The topological polar surface area (TPSA) is 108 Å². The number of hydrogen-bond donors (Lipinski definition) is 2. The van der Waals surface area contributed by atoms with Gasteiger partial charge >= 0.3 is 6.18 Å². The normalized spacial score (nSPS) is 15.7. The monoisotopic (exact) mass is 533 g/mol. The highest BCUT2D eigenvalue weighted by molar-refractivity contribution is 7.07. The van der Waals surface area contributed by atoms with Crippen LogP contribution in [-0.4, -0.2) is 57.3 Å². The van der Waals surface area contributed by atoms with Crippen molar-refractivity contribution in [2.45, 2.75) is 39.0 Å². The zero-order valence-corrected chi connectivity index (χ0v) is 21.0. The molecule has 0 radical (unpaired) electrons. The molecule has 2 aromatic heterocycles. The molecule has 37 heavy (non-hydrogen) atoms. The van der Waals surface area contributed by atoms with E-state index in [-0.39, 0.29) is 15.7 Å². The van der Waals surface area contributed by atoms with Crippen molar-refractivity contribution in [2.24, 2.45) is 0 Å². The smallest absolute Gasteiger partial charge is 0.360 e. The Morgan fingerprint density at radius 2 is 2.03 bits per heavy atom. The SMILES string of the molecule is CCn1c(=O)/c(=C/Nc2ccc3c(c2)ncn3CCN2CCCC2)s/c1=C(\C#N)C(=O)NCC(F)(F)F. The van der Waals surface area contributed by atoms with Crippen molar-refractivity contribution >= 4 is 45.7 Å². The zero-order chi connectivity index (χ0) is 26.6. The van der Waals surface area contributed by atoms with Crippen molar-refractivity contribution in [1.29, 1.82) is 5.26 Å².